The van der Waals surface area contributed by atoms with Crippen molar-refractivity contribution in [2.75, 3.05) is 0 Å². The lowest BCUT2D eigenvalue weighted by atomic mass is 10.8. The van der Waals surface area contributed by atoms with Crippen LogP contribution in [0.15, 0.2) is 21.4 Å². The first-order valence-electron chi connectivity index (χ1n) is 3.35. The number of hydrogen-bond acceptors (Lipinski definition) is 5. The van der Waals surface area contributed by atoms with Gasteiger partial charge in [-0.2, -0.15) is 4.68 Å². The molecule has 8 heteroatoms. The Morgan fingerprint density at radius 1 is 1.62 bits per heavy atom. The van der Waals surface area contributed by atoms with E-state index in [4.69, 9.17) is 5.41 Å². The lowest BCUT2D eigenvalue weighted by Crippen LogP contribution is -2.54. The van der Waals surface area contributed by atoms with Crippen LogP contribution in [0.1, 0.15) is 0 Å². The largest absolute Gasteiger partial charge is 0.539 e. The first-order valence-corrected chi connectivity index (χ1v) is 3.35. The summed E-state index contributed by atoms with van der Waals surface area (Å²) in [5, 5.41) is 24.4. The van der Waals surface area contributed by atoms with Gasteiger partial charge in [-0.15, -0.1) is 0 Å². The highest BCUT2D eigenvalue weighted by Crippen LogP contribution is 1.90. The van der Waals surface area contributed by atoms with E-state index in [1.54, 1.807) is 0 Å². The summed E-state index contributed by atoms with van der Waals surface area (Å²) < 4.78 is 11.3. The van der Waals surface area contributed by atoms with Crippen molar-refractivity contribution in [3.63, 3.8) is 0 Å². The second-order valence-corrected chi connectivity index (χ2v) is 2.31. The van der Waals surface area contributed by atoms with Crippen LogP contribution in [0, 0.1) is 5.41 Å². The van der Waals surface area contributed by atoms with Crippen molar-refractivity contribution in [1.82, 2.24) is 10.5 Å². The molecule has 0 aromatic carbocycles. The average Bonchev–Trinajstić information content (AvgIpc) is 2.62. The smallest absolute Gasteiger partial charge is 0.362 e. The Morgan fingerprint density at radius 3 is 3.00 bits per heavy atom. The van der Waals surface area contributed by atoms with Gasteiger partial charge in [-0.05, 0) is 4.68 Å². The number of aromatic nitrogens is 4. The first kappa shape index (κ1) is 7.53. The number of nitrogens with one attached hydrogen (secondary N) is 1. The minimum atomic E-state index is -0.532. The van der Waals surface area contributed by atoms with E-state index < -0.39 is 5.95 Å². The van der Waals surface area contributed by atoms with E-state index in [9.17, 15) is 5.11 Å². The van der Waals surface area contributed by atoms with E-state index in [0.717, 1.165) is 0 Å². The highest BCUT2D eigenvalue weighted by atomic mass is 16.6. The molecule has 0 fully saturated rings. The number of hydrogen-bond donors (Lipinski definition) is 1. The maximum atomic E-state index is 10.5. The molecule has 0 saturated heterocycles. The van der Waals surface area contributed by atoms with Crippen molar-refractivity contribution in [2.24, 2.45) is 0 Å². The monoisotopic (exact) mass is 183 g/mol. The molecular weight excluding hydrogens is 178 g/mol. The van der Waals surface area contributed by atoms with Crippen LogP contribution in [-0.4, -0.2) is 5.27 Å². The van der Waals surface area contributed by atoms with Gasteiger partial charge in [0.1, 0.15) is 5.95 Å². The van der Waals surface area contributed by atoms with E-state index in [-0.39, 0.29) is 12.2 Å². The molecule has 0 amide bonds. The van der Waals surface area contributed by atoms with Gasteiger partial charge < -0.3 is 14.2 Å². The molecule has 1 N–H and O–H groups in total. The van der Waals surface area contributed by atoms with Crippen LogP contribution in [0.5, 0.6) is 5.95 Å². The molecule has 0 saturated carbocycles. The zero-order valence-electron chi connectivity index (χ0n) is 6.38. The summed E-state index contributed by atoms with van der Waals surface area (Å²) in [6.45, 7) is 0.175. The minimum absolute atomic E-state index is 0.0635. The topological polar surface area (TPSA) is 108 Å². The van der Waals surface area contributed by atoms with Crippen LogP contribution in [0.25, 0.3) is 0 Å². The second kappa shape index (κ2) is 2.73. The van der Waals surface area contributed by atoms with Gasteiger partial charge in [-0.25, -0.2) is 0 Å². The maximum absolute atomic E-state index is 10.5. The molecule has 0 atom stereocenters. The van der Waals surface area contributed by atoms with Crippen molar-refractivity contribution in [2.45, 2.75) is 6.67 Å². The summed E-state index contributed by atoms with van der Waals surface area (Å²) in [7, 11) is 0. The highest BCUT2D eigenvalue weighted by molar-refractivity contribution is 4.79. The number of nitrogens with zero attached hydrogens (tertiary/aromatic N) is 4. The molecule has 0 radical (unpaired) electrons. The van der Waals surface area contributed by atoms with E-state index in [1.165, 1.54) is 21.8 Å². The van der Waals surface area contributed by atoms with Gasteiger partial charge in [-0.1, -0.05) is 0 Å². The average molecular weight is 183 g/mol. The zero-order chi connectivity index (χ0) is 9.26. The molecule has 2 aromatic rings. The van der Waals surface area contributed by atoms with Crippen LogP contribution >= 0.6 is 0 Å². The Bertz CT molecular complexity index is 454. The van der Waals surface area contributed by atoms with Crippen molar-refractivity contribution < 1.29 is 23.5 Å². The maximum Gasteiger partial charge on any atom is 0.362 e. The summed E-state index contributed by atoms with van der Waals surface area (Å²) in [5.74, 6) is -0.532. The van der Waals surface area contributed by atoms with Crippen LogP contribution < -0.4 is 25.3 Å². The SMILES string of the molecule is N=c1c[n+](C[n+]2cc([O-])on2)[n-]o1. The first-order chi connectivity index (χ1) is 6.24. The van der Waals surface area contributed by atoms with Gasteiger partial charge in [0.15, 0.2) is 0 Å². The molecule has 2 aromatic heterocycles. The lowest BCUT2D eigenvalue weighted by molar-refractivity contribution is -0.970. The third-order valence-corrected chi connectivity index (χ3v) is 1.29. The van der Waals surface area contributed by atoms with Crippen LogP contribution in [0.3, 0.4) is 0 Å². The second-order valence-electron chi connectivity index (χ2n) is 2.31. The predicted octanol–water partition coefficient (Wildman–Crippen LogP) is -3.14. The van der Waals surface area contributed by atoms with Crippen LogP contribution in [0.2, 0.25) is 0 Å². The third-order valence-electron chi connectivity index (χ3n) is 1.29. The van der Waals surface area contributed by atoms with E-state index in [1.807, 2.05) is 0 Å². The van der Waals surface area contributed by atoms with Gasteiger partial charge >= 0.3 is 6.67 Å². The standard InChI is InChI=1S/C5H5N5O3/c6-4-1-9(7-12-4)3-10-2-5(11)13-8-10/h1-2,6H,3H2. The Morgan fingerprint density at radius 2 is 2.46 bits per heavy atom. The van der Waals surface area contributed by atoms with E-state index >= 15 is 0 Å². The van der Waals surface area contributed by atoms with Gasteiger partial charge in [0.05, 0.1) is 5.27 Å². The minimum Gasteiger partial charge on any atom is -0.539 e. The molecule has 68 valence electrons. The van der Waals surface area contributed by atoms with Gasteiger partial charge in [0.25, 0.3) is 5.55 Å². The van der Waals surface area contributed by atoms with Crippen molar-refractivity contribution >= 4 is 0 Å². The van der Waals surface area contributed by atoms with Gasteiger partial charge in [-0.3, -0.25) is 10.7 Å². The summed E-state index contributed by atoms with van der Waals surface area (Å²) in [5.41, 5.74) is -0.0635. The Labute approximate surface area is 71.1 Å². The molecule has 0 spiro atoms. The molecule has 13 heavy (non-hydrogen) atoms. The molecule has 0 unspecified atom stereocenters. The highest BCUT2D eigenvalue weighted by Gasteiger charge is 2.07. The van der Waals surface area contributed by atoms with Gasteiger partial charge in [0.2, 0.25) is 12.4 Å². The molecule has 2 rings (SSSR count). The molecule has 0 aliphatic heterocycles. The fraction of sp³-hybridized carbons (Fsp3) is 0.200. The normalized spacial score (nSPS) is 10.5. The van der Waals surface area contributed by atoms with Crippen molar-refractivity contribution in [3.05, 3.63) is 17.9 Å². The van der Waals surface area contributed by atoms with E-state index in [0.29, 0.717) is 0 Å². The Balaban J connectivity index is 2.19. The molecular formula is C5H5N5O3. The molecule has 0 bridgehead atoms. The fourth-order valence-corrected chi connectivity index (χ4v) is 0.822. The summed E-state index contributed by atoms with van der Waals surface area (Å²) in [6.07, 6.45) is 2.53. The quantitative estimate of drug-likeness (QED) is 0.495. The van der Waals surface area contributed by atoms with Crippen molar-refractivity contribution in [1.29, 1.82) is 5.41 Å². The molecule has 8 nitrogen and oxygen atoms in total. The molecule has 0 aliphatic rings. The zero-order valence-corrected chi connectivity index (χ0v) is 6.38. The summed E-state index contributed by atoms with van der Waals surface area (Å²) >= 11 is 0. The lowest BCUT2D eigenvalue weighted by Gasteiger charge is -1.86. The Hall–Kier alpha value is -2.12. The molecule has 2 heterocycles. The summed E-state index contributed by atoms with van der Waals surface area (Å²) in [6, 6.07) is 0. The molecule has 0 aliphatic carbocycles. The van der Waals surface area contributed by atoms with Crippen LogP contribution in [-0.2, 0) is 6.67 Å². The fourth-order valence-electron chi connectivity index (χ4n) is 0.822. The van der Waals surface area contributed by atoms with Gasteiger partial charge in [0, 0.05) is 0 Å². The third kappa shape index (κ3) is 1.55. The summed E-state index contributed by atoms with van der Waals surface area (Å²) in [4.78, 5) is 0. The van der Waals surface area contributed by atoms with Crippen LogP contribution in [0.4, 0.5) is 0 Å². The predicted molar refractivity (Wildman–Crippen MR) is 29.6 cm³/mol. The Kier molecular flexibility index (Phi) is 1.58. The van der Waals surface area contributed by atoms with Crippen molar-refractivity contribution in [3.8, 4) is 5.95 Å². The van der Waals surface area contributed by atoms with E-state index in [2.05, 4.69) is 19.6 Å². The number of rotatable bonds is 2.